The summed E-state index contributed by atoms with van der Waals surface area (Å²) < 4.78 is 5.68. The normalized spacial score (nSPS) is 13.7. The fourth-order valence-corrected chi connectivity index (χ4v) is 1.37. The SMILES string of the molecule is CC(C)C(C)c1nc2ccccc2o1. The maximum absolute atomic E-state index is 5.68. The molecule has 0 saturated heterocycles. The summed E-state index contributed by atoms with van der Waals surface area (Å²) in [6.45, 7) is 6.51. The van der Waals surface area contributed by atoms with Gasteiger partial charge in [-0.05, 0) is 18.1 Å². The van der Waals surface area contributed by atoms with Gasteiger partial charge >= 0.3 is 0 Å². The average molecular weight is 189 g/mol. The Morgan fingerprint density at radius 1 is 1.14 bits per heavy atom. The second-order valence-corrected chi connectivity index (χ2v) is 4.05. The summed E-state index contributed by atoms with van der Waals surface area (Å²) in [6, 6.07) is 7.89. The van der Waals surface area contributed by atoms with E-state index in [1.54, 1.807) is 0 Å². The van der Waals surface area contributed by atoms with Crippen molar-refractivity contribution in [1.82, 2.24) is 4.98 Å². The van der Waals surface area contributed by atoms with Gasteiger partial charge in [0.1, 0.15) is 5.52 Å². The molecule has 0 radical (unpaired) electrons. The second-order valence-electron chi connectivity index (χ2n) is 4.05. The molecule has 0 amide bonds. The number of rotatable bonds is 2. The van der Waals surface area contributed by atoms with Crippen molar-refractivity contribution in [3.63, 3.8) is 0 Å². The van der Waals surface area contributed by atoms with E-state index >= 15 is 0 Å². The molecule has 1 aromatic heterocycles. The van der Waals surface area contributed by atoms with Crippen LogP contribution in [0.4, 0.5) is 0 Å². The lowest BCUT2D eigenvalue weighted by molar-refractivity contribution is 0.416. The molecule has 0 aliphatic heterocycles. The smallest absolute Gasteiger partial charge is 0.198 e. The molecule has 1 aromatic carbocycles. The Bertz CT molecular complexity index is 398. The van der Waals surface area contributed by atoms with Crippen molar-refractivity contribution >= 4 is 11.1 Å². The van der Waals surface area contributed by atoms with E-state index in [1.165, 1.54) is 0 Å². The summed E-state index contributed by atoms with van der Waals surface area (Å²) in [7, 11) is 0. The summed E-state index contributed by atoms with van der Waals surface area (Å²) in [4.78, 5) is 4.47. The summed E-state index contributed by atoms with van der Waals surface area (Å²) in [5.74, 6) is 1.78. The molecule has 0 saturated carbocycles. The fraction of sp³-hybridized carbons (Fsp3) is 0.417. The number of para-hydroxylation sites is 2. The molecule has 2 aromatic rings. The van der Waals surface area contributed by atoms with Gasteiger partial charge in [-0.3, -0.25) is 0 Å². The van der Waals surface area contributed by atoms with E-state index < -0.39 is 0 Å². The maximum atomic E-state index is 5.68. The largest absolute Gasteiger partial charge is 0.440 e. The molecule has 0 N–H and O–H groups in total. The van der Waals surface area contributed by atoms with E-state index in [0.717, 1.165) is 17.0 Å². The highest BCUT2D eigenvalue weighted by Gasteiger charge is 2.16. The van der Waals surface area contributed by atoms with Crippen molar-refractivity contribution in [2.75, 3.05) is 0 Å². The quantitative estimate of drug-likeness (QED) is 0.721. The van der Waals surface area contributed by atoms with E-state index in [9.17, 15) is 0 Å². The van der Waals surface area contributed by atoms with Crippen molar-refractivity contribution in [2.45, 2.75) is 26.7 Å². The van der Waals surface area contributed by atoms with Crippen LogP contribution >= 0.6 is 0 Å². The van der Waals surface area contributed by atoms with Gasteiger partial charge in [0.05, 0.1) is 0 Å². The molecule has 2 heteroatoms. The Morgan fingerprint density at radius 2 is 1.86 bits per heavy atom. The van der Waals surface area contributed by atoms with Gasteiger partial charge in [-0.25, -0.2) is 4.98 Å². The topological polar surface area (TPSA) is 26.0 Å². The molecular formula is C12H15NO. The zero-order chi connectivity index (χ0) is 10.1. The number of oxazole rings is 1. The van der Waals surface area contributed by atoms with Gasteiger partial charge in [-0.2, -0.15) is 0 Å². The van der Waals surface area contributed by atoms with Crippen LogP contribution in [0.1, 0.15) is 32.6 Å². The van der Waals surface area contributed by atoms with Crippen LogP contribution in [-0.2, 0) is 0 Å². The van der Waals surface area contributed by atoms with Crippen molar-refractivity contribution in [2.24, 2.45) is 5.92 Å². The maximum Gasteiger partial charge on any atom is 0.198 e. The van der Waals surface area contributed by atoms with Crippen LogP contribution in [0.2, 0.25) is 0 Å². The summed E-state index contributed by atoms with van der Waals surface area (Å²) in [6.07, 6.45) is 0. The molecule has 1 atom stereocenters. The Kier molecular flexibility index (Phi) is 2.28. The van der Waals surface area contributed by atoms with E-state index in [-0.39, 0.29) is 0 Å². The van der Waals surface area contributed by atoms with Crippen molar-refractivity contribution in [1.29, 1.82) is 0 Å². The highest BCUT2D eigenvalue weighted by Crippen LogP contribution is 2.26. The Hall–Kier alpha value is -1.31. The summed E-state index contributed by atoms with van der Waals surface area (Å²) >= 11 is 0. The van der Waals surface area contributed by atoms with Gasteiger partial charge in [-0.1, -0.05) is 32.9 Å². The molecule has 2 rings (SSSR count). The molecule has 0 bridgehead atoms. The van der Waals surface area contributed by atoms with Crippen molar-refractivity contribution in [3.8, 4) is 0 Å². The van der Waals surface area contributed by atoms with E-state index in [1.807, 2.05) is 24.3 Å². The number of benzene rings is 1. The lowest BCUT2D eigenvalue weighted by atomic mass is 9.98. The van der Waals surface area contributed by atoms with Gasteiger partial charge in [-0.15, -0.1) is 0 Å². The van der Waals surface area contributed by atoms with E-state index in [4.69, 9.17) is 4.42 Å². The molecule has 0 aliphatic rings. The van der Waals surface area contributed by atoms with Crippen LogP contribution in [0.25, 0.3) is 11.1 Å². The average Bonchev–Trinajstić information content (AvgIpc) is 2.59. The number of fused-ring (bicyclic) bond motifs is 1. The molecule has 0 fully saturated rings. The van der Waals surface area contributed by atoms with Crippen LogP contribution in [0.15, 0.2) is 28.7 Å². The Morgan fingerprint density at radius 3 is 2.50 bits per heavy atom. The van der Waals surface area contributed by atoms with Crippen LogP contribution in [-0.4, -0.2) is 4.98 Å². The molecule has 0 spiro atoms. The first-order valence-corrected chi connectivity index (χ1v) is 5.04. The van der Waals surface area contributed by atoms with E-state index in [0.29, 0.717) is 11.8 Å². The first kappa shape index (κ1) is 9.25. The van der Waals surface area contributed by atoms with Gasteiger partial charge in [0.2, 0.25) is 0 Å². The zero-order valence-corrected chi connectivity index (χ0v) is 8.82. The first-order valence-electron chi connectivity index (χ1n) is 5.04. The third-order valence-electron chi connectivity index (χ3n) is 2.70. The molecular weight excluding hydrogens is 174 g/mol. The summed E-state index contributed by atoms with van der Waals surface area (Å²) in [5.41, 5.74) is 1.84. The monoisotopic (exact) mass is 189 g/mol. The zero-order valence-electron chi connectivity index (χ0n) is 8.82. The minimum absolute atomic E-state index is 0.377. The predicted octanol–water partition coefficient (Wildman–Crippen LogP) is 3.59. The molecule has 0 aliphatic carbocycles. The molecule has 1 unspecified atom stereocenters. The van der Waals surface area contributed by atoms with Crippen molar-refractivity contribution in [3.05, 3.63) is 30.2 Å². The molecule has 1 heterocycles. The fourth-order valence-electron chi connectivity index (χ4n) is 1.37. The first-order chi connectivity index (χ1) is 6.68. The lowest BCUT2D eigenvalue weighted by Crippen LogP contribution is -2.01. The highest BCUT2D eigenvalue weighted by atomic mass is 16.3. The number of nitrogens with zero attached hydrogens (tertiary/aromatic N) is 1. The third-order valence-corrected chi connectivity index (χ3v) is 2.70. The minimum atomic E-state index is 0.377. The van der Waals surface area contributed by atoms with Gasteiger partial charge in [0.25, 0.3) is 0 Å². The van der Waals surface area contributed by atoms with Crippen molar-refractivity contribution < 1.29 is 4.42 Å². The van der Waals surface area contributed by atoms with Gasteiger partial charge < -0.3 is 4.42 Å². The predicted molar refractivity (Wildman–Crippen MR) is 57.3 cm³/mol. The van der Waals surface area contributed by atoms with Crippen LogP contribution < -0.4 is 0 Å². The highest BCUT2D eigenvalue weighted by molar-refractivity contribution is 5.72. The van der Waals surface area contributed by atoms with Crippen LogP contribution in [0.5, 0.6) is 0 Å². The second kappa shape index (κ2) is 3.45. The lowest BCUT2D eigenvalue weighted by Gasteiger charge is -2.09. The van der Waals surface area contributed by atoms with E-state index in [2.05, 4.69) is 25.8 Å². The number of hydrogen-bond donors (Lipinski definition) is 0. The number of hydrogen-bond acceptors (Lipinski definition) is 2. The Labute approximate surface area is 84.0 Å². The molecule has 74 valence electrons. The number of aromatic nitrogens is 1. The van der Waals surface area contributed by atoms with Crippen LogP contribution in [0.3, 0.4) is 0 Å². The minimum Gasteiger partial charge on any atom is -0.440 e. The molecule has 14 heavy (non-hydrogen) atoms. The Balaban J connectivity index is 2.45. The standard InChI is InChI=1S/C12H15NO/c1-8(2)9(3)12-13-10-6-4-5-7-11(10)14-12/h4-9H,1-3H3. The third kappa shape index (κ3) is 1.52. The van der Waals surface area contributed by atoms with Crippen LogP contribution in [0, 0.1) is 5.92 Å². The van der Waals surface area contributed by atoms with Gasteiger partial charge in [0, 0.05) is 5.92 Å². The molecule has 2 nitrogen and oxygen atoms in total. The summed E-state index contributed by atoms with van der Waals surface area (Å²) in [5, 5.41) is 0. The van der Waals surface area contributed by atoms with Gasteiger partial charge in [0.15, 0.2) is 11.5 Å².